The summed E-state index contributed by atoms with van der Waals surface area (Å²) in [7, 11) is 0. The number of hydrogen-bond acceptors (Lipinski definition) is 6. The molecule has 2 heterocycles. The van der Waals surface area contributed by atoms with Crippen LogP contribution in [0.25, 0.3) is 0 Å². The topological polar surface area (TPSA) is 96.3 Å². The molecule has 0 radical (unpaired) electrons. The molecule has 1 aromatic heterocycles. The van der Waals surface area contributed by atoms with Crippen LogP contribution in [0.3, 0.4) is 0 Å². The van der Waals surface area contributed by atoms with Crippen LogP contribution in [0.2, 0.25) is 0 Å². The number of aliphatic hydroxyl groups is 1. The number of allylic oxidation sites excluding steroid dienone is 2. The molecule has 0 aromatic carbocycles. The first kappa shape index (κ1) is 29.8. The number of carbonyl (C=O) groups excluding carboxylic acids is 1. The maximum absolute atomic E-state index is 14.2. The Morgan fingerprint density at radius 1 is 1.26 bits per heavy atom. The molecule has 1 saturated heterocycles. The van der Waals surface area contributed by atoms with E-state index in [0.29, 0.717) is 55.9 Å². The zero-order valence-electron chi connectivity index (χ0n) is 23.9. The van der Waals surface area contributed by atoms with Crippen molar-refractivity contribution >= 4 is 28.9 Å². The summed E-state index contributed by atoms with van der Waals surface area (Å²) in [4.78, 5) is 29.2. The Bertz CT molecular complexity index is 1140. The number of aromatic carboxylic acids is 1. The third-order valence-electron chi connectivity index (χ3n) is 8.06. The van der Waals surface area contributed by atoms with Crippen LogP contribution in [-0.2, 0) is 14.3 Å². The van der Waals surface area contributed by atoms with Gasteiger partial charge in [0.05, 0.1) is 35.5 Å². The molecule has 1 amide bonds. The largest absolute Gasteiger partial charge is 0.477 e. The first-order chi connectivity index (χ1) is 18.3. The SMILES string of the molecule is CC1=CCC(C(=O)N(c2cc(C#CC(C)(C)C)sc2C(=O)O)[C@H]2CC[C@](O)(CO[C@H]3CCOC3)CC2)[C@H](C)C1. The molecule has 1 aliphatic heterocycles. The van der Waals surface area contributed by atoms with Gasteiger partial charge in [0.2, 0.25) is 5.91 Å². The van der Waals surface area contributed by atoms with Crippen molar-refractivity contribution in [2.24, 2.45) is 17.3 Å². The highest BCUT2D eigenvalue weighted by Crippen LogP contribution is 2.41. The molecule has 2 N–H and O–H groups in total. The van der Waals surface area contributed by atoms with Crippen LogP contribution < -0.4 is 4.90 Å². The van der Waals surface area contributed by atoms with E-state index in [9.17, 15) is 19.8 Å². The van der Waals surface area contributed by atoms with Gasteiger partial charge in [-0.05, 0) is 84.6 Å². The monoisotopic (exact) mass is 557 g/mol. The van der Waals surface area contributed by atoms with E-state index in [2.05, 4.69) is 31.8 Å². The van der Waals surface area contributed by atoms with Crippen molar-refractivity contribution < 1.29 is 29.3 Å². The van der Waals surface area contributed by atoms with Crippen molar-refractivity contribution in [1.29, 1.82) is 0 Å². The molecule has 0 spiro atoms. The van der Waals surface area contributed by atoms with Crippen LogP contribution in [0, 0.1) is 29.1 Å². The van der Waals surface area contributed by atoms with E-state index < -0.39 is 11.6 Å². The molecule has 3 aliphatic rings. The van der Waals surface area contributed by atoms with Gasteiger partial charge in [0.25, 0.3) is 0 Å². The second-order valence-electron chi connectivity index (χ2n) is 12.7. The highest BCUT2D eigenvalue weighted by Gasteiger charge is 2.42. The lowest BCUT2D eigenvalue weighted by Gasteiger charge is -2.42. The fourth-order valence-electron chi connectivity index (χ4n) is 5.80. The van der Waals surface area contributed by atoms with E-state index in [-0.39, 0.29) is 46.8 Å². The molecule has 0 bridgehead atoms. The fraction of sp³-hybridized carbons (Fsp3) is 0.677. The summed E-state index contributed by atoms with van der Waals surface area (Å²) in [5, 5.41) is 21.4. The smallest absolute Gasteiger partial charge is 0.348 e. The summed E-state index contributed by atoms with van der Waals surface area (Å²) >= 11 is 1.13. The lowest BCUT2D eigenvalue weighted by Crippen LogP contribution is -2.51. The predicted molar refractivity (Wildman–Crippen MR) is 153 cm³/mol. The maximum atomic E-state index is 14.2. The third kappa shape index (κ3) is 7.52. The number of nitrogens with zero attached hydrogens (tertiary/aromatic N) is 1. The van der Waals surface area contributed by atoms with Crippen molar-refractivity contribution in [2.75, 3.05) is 24.7 Å². The van der Waals surface area contributed by atoms with Gasteiger partial charge >= 0.3 is 5.97 Å². The lowest BCUT2D eigenvalue weighted by atomic mass is 9.78. The average Bonchev–Trinajstić information content (AvgIpc) is 3.53. The van der Waals surface area contributed by atoms with Gasteiger partial charge in [-0.15, -0.1) is 11.3 Å². The average molecular weight is 558 g/mol. The van der Waals surface area contributed by atoms with Gasteiger partial charge in [0.15, 0.2) is 0 Å². The van der Waals surface area contributed by atoms with Crippen molar-refractivity contribution in [2.45, 2.75) is 97.3 Å². The standard InChI is InChI=1S/C31H43NO6S/c1-20-6-7-25(21(2)16-20)28(33)32(26-17-24(10-12-30(3,4)5)39-27(26)29(34)35)22-8-13-31(36,14-9-22)19-38-23-11-15-37-18-23/h6,17,21-23,25,36H,7-9,11,13-16,18-19H2,1-5H3,(H,34,35)/t21-,22-,23+,25?,31+/m1/s1. The molecule has 7 nitrogen and oxygen atoms in total. The Morgan fingerprint density at radius 3 is 2.56 bits per heavy atom. The van der Waals surface area contributed by atoms with Crippen LogP contribution in [0.5, 0.6) is 0 Å². The van der Waals surface area contributed by atoms with Crippen molar-refractivity contribution in [3.63, 3.8) is 0 Å². The molecule has 2 fully saturated rings. The lowest BCUT2D eigenvalue weighted by molar-refractivity contribution is -0.125. The number of ether oxygens (including phenoxy) is 2. The summed E-state index contributed by atoms with van der Waals surface area (Å²) in [6.07, 6.45) is 6.61. The molecule has 39 heavy (non-hydrogen) atoms. The Labute approximate surface area is 236 Å². The van der Waals surface area contributed by atoms with Crippen molar-refractivity contribution in [1.82, 2.24) is 0 Å². The van der Waals surface area contributed by atoms with Crippen LogP contribution in [0.1, 0.15) is 94.1 Å². The van der Waals surface area contributed by atoms with Gasteiger partial charge in [0, 0.05) is 24.0 Å². The second kappa shape index (κ2) is 12.1. The summed E-state index contributed by atoms with van der Waals surface area (Å²) in [6, 6.07) is 1.58. The Morgan fingerprint density at radius 2 is 1.97 bits per heavy atom. The van der Waals surface area contributed by atoms with Gasteiger partial charge in [-0.2, -0.15) is 0 Å². The quantitative estimate of drug-likeness (QED) is 0.332. The van der Waals surface area contributed by atoms with Crippen LogP contribution in [0.15, 0.2) is 17.7 Å². The number of rotatable bonds is 7. The molecular formula is C31H43NO6S. The Kier molecular flexibility index (Phi) is 9.27. The number of thiophene rings is 1. The zero-order valence-corrected chi connectivity index (χ0v) is 24.7. The number of anilines is 1. The maximum Gasteiger partial charge on any atom is 0.348 e. The molecule has 8 heteroatoms. The molecule has 4 rings (SSSR count). The number of carboxylic acid groups (broad SMARTS) is 1. The Balaban J connectivity index is 1.62. The molecule has 2 aliphatic carbocycles. The first-order valence-corrected chi connectivity index (χ1v) is 15.0. The number of carbonyl (C=O) groups is 2. The molecule has 214 valence electrons. The number of hydrogen-bond donors (Lipinski definition) is 2. The van der Waals surface area contributed by atoms with Gasteiger partial charge in [-0.3, -0.25) is 4.79 Å². The van der Waals surface area contributed by atoms with E-state index in [1.54, 1.807) is 11.0 Å². The van der Waals surface area contributed by atoms with Crippen LogP contribution in [0.4, 0.5) is 5.69 Å². The summed E-state index contributed by atoms with van der Waals surface area (Å²) < 4.78 is 11.3. The zero-order chi connectivity index (χ0) is 28.4. The number of carboxylic acids is 1. The van der Waals surface area contributed by atoms with E-state index in [0.717, 1.165) is 24.2 Å². The molecule has 1 aromatic rings. The Hall–Kier alpha value is -2.18. The summed E-state index contributed by atoms with van der Waals surface area (Å²) in [6.45, 7) is 11.7. The van der Waals surface area contributed by atoms with E-state index in [1.807, 2.05) is 20.8 Å². The molecule has 1 saturated carbocycles. The van der Waals surface area contributed by atoms with E-state index in [4.69, 9.17) is 9.47 Å². The highest BCUT2D eigenvalue weighted by molar-refractivity contribution is 7.15. The molecule has 1 unspecified atom stereocenters. The third-order valence-corrected chi connectivity index (χ3v) is 9.09. The number of amides is 1. The normalized spacial score (nSPS) is 29.3. The van der Waals surface area contributed by atoms with Crippen molar-refractivity contribution in [3.05, 3.63) is 27.5 Å². The fourth-order valence-corrected chi connectivity index (χ4v) is 6.64. The predicted octanol–water partition coefficient (Wildman–Crippen LogP) is 5.65. The van der Waals surface area contributed by atoms with Crippen molar-refractivity contribution in [3.8, 4) is 11.8 Å². The van der Waals surface area contributed by atoms with Gasteiger partial charge in [-0.25, -0.2) is 4.79 Å². The first-order valence-electron chi connectivity index (χ1n) is 14.2. The van der Waals surface area contributed by atoms with Crippen LogP contribution in [-0.4, -0.2) is 59.7 Å². The summed E-state index contributed by atoms with van der Waals surface area (Å²) in [5.41, 5.74) is 0.531. The minimum absolute atomic E-state index is 0.0192. The van der Waals surface area contributed by atoms with Gasteiger partial charge < -0.3 is 24.6 Å². The minimum atomic E-state index is -1.05. The summed E-state index contributed by atoms with van der Waals surface area (Å²) in [5.74, 6) is 5.19. The molecule has 3 atom stereocenters. The highest BCUT2D eigenvalue weighted by atomic mass is 32.1. The second-order valence-corrected chi connectivity index (χ2v) is 13.7. The minimum Gasteiger partial charge on any atom is -0.477 e. The van der Waals surface area contributed by atoms with Gasteiger partial charge in [0.1, 0.15) is 4.88 Å². The van der Waals surface area contributed by atoms with E-state index in [1.165, 1.54) is 5.57 Å². The molecular weight excluding hydrogens is 514 g/mol. The van der Waals surface area contributed by atoms with Crippen LogP contribution >= 0.6 is 11.3 Å². The van der Waals surface area contributed by atoms with Gasteiger partial charge in [-0.1, -0.05) is 30.4 Å². The van der Waals surface area contributed by atoms with E-state index >= 15 is 0 Å².